The third kappa shape index (κ3) is 4.32. The predicted octanol–water partition coefficient (Wildman–Crippen LogP) is 4.03. The second-order valence-corrected chi connectivity index (χ2v) is 9.71. The van der Waals surface area contributed by atoms with Gasteiger partial charge in [-0.05, 0) is 56.6 Å². The highest BCUT2D eigenvalue weighted by atomic mass is 19.1. The Morgan fingerprint density at radius 3 is 2.68 bits per heavy atom. The molecule has 0 bridgehead atoms. The summed E-state index contributed by atoms with van der Waals surface area (Å²) in [6.45, 7) is 5.03. The minimum absolute atomic E-state index is 0.159. The molecule has 8 nitrogen and oxygen atoms in total. The lowest BCUT2D eigenvalue weighted by atomic mass is 10.00. The first-order valence-corrected chi connectivity index (χ1v) is 12.8. The Bertz CT molecular complexity index is 1610. The molecule has 2 saturated heterocycles. The van der Waals surface area contributed by atoms with E-state index in [1.54, 1.807) is 30.5 Å². The first-order chi connectivity index (χ1) is 18.5. The second kappa shape index (κ2) is 9.97. The van der Waals surface area contributed by atoms with E-state index in [4.69, 9.17) is 9.72 Å². The summed E-state index contributed by atoms with van der Waals surface area (Å²) < 4.78 is 22.3. The molecule has 0 amide bonds. The van der Waals surface area contributed by atoms with Gasteiger partial charge in [0.1, 0.15) is 11.6 Å². The SMILES string of the molecule is Cc1ccc(-c2cc(C#N)cc3c(=O)n(-c4ccc(N5CCOCC5)c(F)c4)c(C4CCCN4)nc23)cn1. The Kier molecular flexibility index (Phi) is 6.35. The molecule has 0 aliphatic carbocycles. The minimum atomic E-state index is -0.404. The molecule has 6 rings (SSSR count). The monoisotopic (exact) mass is 510 g/mol. The van der Waals surface area contributed by atoms with Crippen molar-refractivity contribution in [1.82, 2.24) is 19.9 Å². The third-order valence-electron chi connectivity index (χ3n) is 7.26. The van der Waals surface area contributed by atoms with E-state index in [-0.39, 0.29) is 11.6 Å². The van der Waals surface area contributed by atoms with Gasteiger partial charge in [-0.25, -0.2) is 9.37 Å². The molecule has 1 N–H and O–H groups in total. The molecule has 1 atom stereocenters. The number of hydrogen-bond donors (Lipinski definition) is 1. The normalized spacial score (nSPS) is 17.6. The van der Waals surface area contributed by atoms with E-state index in [1.165, 1.54) is 10.6 Å². The summed E-state index contributed by atoms with van der Waals surface area (Å²) in [7, 11) is 0. The number of morpholine rings is 1. The van der Waals surface area contributed by atoms with Crippen molar-refractivity contribution in [3.63, 3.8) is 0 Å². The molecule has 9 heteroatoms. The number of nitrogens with one attached hydrogen (secondary N) is 1. The minimum Gasteiger partial charge on any atom is -0.378 e. The Hall–Kier alpha value is -4.13. The summed E-state index contributed by atoms with van der Waals surface area (Å²) in [6.07, 6.45) is 3.49. The number of ether oxygens (including phenoxy) is 1. The van der Waals surface area contributed by atoms with Crippen LogP contribution in [-0.4, -0.2) is 47.4 Å². The number of rotatable bonds is 4. The summed E-state index contributed by atoms with van der Waals surface area (Å²) in [4.78, 5) is 25.5. The molecule has 2 aromatic carbocycles. The fourth-order valence-corrected chi connectivity index (χ4v) is 5.30. The largest absolute Gasteiger partial charge is 0.378 e. The van der Waals surface area contributed by atoms with Crippen LogP contribution in [0, 0.1) is 24.1 Å². The molecule has 2 aliphatic heterocycles. The van der Waals surface area contributed by atoms with Crippen molar-refractivity contribution in [3.8, 4) is 22.9 Å². The number of nitrogens with zero attached hydrogens (tertiary/aromatic N) is 5. The van der Waals surface area contributed by atoms with E-state index in [2.05, 4.69) is 16.4 Å². The first kappa shape index (κ1) is 24.2. The van der Waals surface area contributed by atoms with Crippen LogP contribution in [0.3, 0.4) is 0 Å². The maximum atomic E-state index is 15.4. The molecule has 4 heterocycles. The maximum absolute atomic E-state index is 15.4. The van der Waals surface area contributed by atoms with Gasteiger partial charge in [0.15, 0.2) is 0 Å². The molecule has 2 aliphatic rings. The Balaban J connectivity index is 1.58. The van der Waals surface area contributed by atoms with Gasteiger partial charge in [-0.1, -0.05) is 6.07 Å². The van der Waals surface area contributed by atoms with Gasteiger partial charge in [0.2, 0.25) is 0 Å². The van der Waals surface area contributed by atoms with Crippen LogP contribution < -0.4 is 15.8 Å². The van der Waals surface area contributed by atoms with E-state index in [0.717, 1.165) is 30.6 Å². The fraction of sp³-hybridized carbons (Fsp3) is 0.310. The van der Waals surface area contributed by atoms with Crippen LogP contribution in [-0.2, 0) is 4.74 Å². The number of nitriles is 1. The highest BCUT2D eigenvalue weighted by Gasteiger charge is 2.26. The lowest BCUT2D eigenvalue weighted by Crippen LogP contribution is -2.36. The van der Waals surface area contributed by atoms with Crippen molar-refractivity contribution < 1.29 is 9.13 Å². The number of anilines is 1. The van der Waals surface area contributed by atoms with Gasteiger partial charge in [-0.2, -0.15) is 5.26 Å². The number of benzene rings is 2. The quantitative estimate of drug-likeness (QED) is 0.443. The average molecular weight is 511 g/mol. The van der Waals surface area contributed by atoms with Gasteiger partial charge < -0.3 is 15.0 Å². The van der Waals surface area contributed by atoms with Crippen molar-refractivity contribution in [2.75, 3.05) is 37.7 Å². The smallest absolute Gasteiger partial charge is 0.266 e. The zero-order valence-electron chi connectivity index (χ0n) is 21.1. The number of aromatic nitrogens is 3. The average Bonchev–Trinajstić information content (AvgIpc) is 3.48. The molecule has 0 radical (unpaired) electrons. The van der Waals surface area contributed by atoms with Crippen LogP contribution >= 0.6 is 0 Å². The molecule has 38 heavy (non-hydrogen) atoms. The number of halogens is 1. The Morgan fingerprint density at radius 2 is 2.00 bits per heavy atom. The van der Waals surface area contributed by atoms with Crippen LogP contribution in [0.15, 0.2) is 53.5 Å². The van der Waals surface area contributed by atoms with Crippen molar-refractivity contribution in [1.29, 1.82) is 5.26 Å². The van der Waals surface area contributed by atoms with Crippen molar-refractivity contribution >= 4 is 16.6 Å². The lowest BCUT2D eigenvalue weighted by Gasteiger charge is -2.29. The summed E-state index contributed by atoms with van der Waals surface area (Å²) in [6, 6.07) is 14.0. The first-order valence-electron chi connectivity index (χ1n) is 12.8. The van der Waals surface area contributed by atoms with Gasteiger partial charge in [0.05, 0.1) is 53.2 Å². The molecule has 192 valence electrons. The Morgan fingerprint density at radius 1 is 1.16 bits per heavy atom. The van der Waals surface area contributed by atoms with Crippen molar-refractivity contribution in [2.45, 2.75) is 25.8 Å². The van der Waals surface area contributed by atoms with E-state index in [9.17, 15) is 10.1 Å². The maximum Gasteiger partial charge on any atom is 0.266 e. The highest BCUT2D eigenvalue weighted by molar-refractivity contribution is 5.94. The van der Waals surface area contributed by atoms with E-state index < -0.39 is 5.82 Å². The van der Waals surface area contributed by atoms with Crippen LogP contribution in [0.2, 0.25) is 0 Å². The van der Waals surface area contributed by atoms with Crippen LogP contribution in [0.5, 0.6) is 0 Å². The third-order valence-corrected chi connectivity index (χ3v) is 7.26. The summed E-state index contributed by atoms with van der Waals surface area (Å²) >= 11 is 0. The highest BCUT2D eigenvalue weighted by Crippen LogP contribution is 2.32. The molecule has 0 spiro atoms. The van der Waals surface area contributed by atoms with Crippen molar-refractivity contribution in [2.24, 2.45) is 0 Å². The van der Waals surface area contributed by atoms with E-state index in [0.29, 0.717) is 65.5 Å². The van der Waals surface area contributed by atoms with Crippen LogP contribution in [0.1, 0.15) is 36.0 Å². The van der Waals surface area contributed by atoms with Gasteiger partial charge in [0, 0.05) is 42.2 Å². The van der Waals surface area contributed by atoms with E-state index in [1.807, 2.05) is 24.0 Å². The zero-order chi connectivity index (χ0) is 26.2. The van der Waals surface area contributed by atoms with E-state index >= 15 is 4.39 Å². The number of aryl methyl sites for hydroxylation is 1. The van der Waals surface area contributed by atoms with Gasteiger partial charge >= 0.3 is 0 Å². The summed E-state index contributed by atoms with van der Waals surface area (Å²) in [5, 5.41) is 13.5. The topological polar surface area (TPSA) is 96.1 Å². The van der Waals surface area contributed by atoms with Crippen LogP contribution in [0.25, 0.3) is 27.7 Å². The zero-order valence-corrected chi connectivity index (χ0v) is 21.1. The molecule has 2 fully saturated rings. The lowest BCUT2D eigenvalue weighted by molar-refractivity contribution is 0.122. The molecule has 2 aromatic heterocycles. The molecular formula is C29H27FN6O2. The molecule has 4 aromatic rings. The fourth-order valence-electron chi connectivity index (χ4n) is 5.30. The second-order valence-electron chi connectivity index (χ2n) is 9.71. The number of pyridine rings is 1. The molecule has 1 unspecified atom stereocenters. The summed E-state index contributed by atoms with van der Waals surface area (Å²) in [5.41, 5.74) is 3.71. The molecule has 0 saturated carbocycles. The summed E-state index contributed by atoms with van der Waals surface area (Å²) in [5.74, 6) is 0.128. The predicted molar refractivity (Wildman–Crippen MR) is 143 cm³/mol. The van der Waals surface area contributed by atoms with Crippen LogP contribution in [0.4, 0.5) is 10.1 Å². The van der Waals surface area contributed by atoms with Crippen molar-refractivity contribution in [3.05, 3.63) is 81.9 Å². The van der Waals surface area contributed by atoms with Gasteiger partial charge in [0.25, 0.3) is 5.56 Å². The van der Waals surface area contributed by atoms with Gasteiger partial charge in [-0.15, -0.1) is 0 Å². The standard InChI is InChI=1S/C29H27FN6O2/c1-18-4-5-20(17-33-18)22-13-19(16-31)14-23-27(22)34-28(25-3-2-8-32-25)36(29(23)37)21-6-7-26(24(30)15-21)35-9-11-38-12-10-35/h4-7,13-15,17,25,32H,2-3,8-12H2,1H3. The molecular weight excluding hydrogens is 483 g/mol. The number of hydrogen-bond acceptors (Lipinski definition) is 7. The Labute approximate surface area is 219 Å². The van der Waals surface area contributed by atoms with Gasteiger partial charge in [-0.3, -0.25) is 14.3 Å². The number of fused-ring (bicyclic) bond motifs is 1.